The second-order valence-corrected chi connectivity index (χ2v) is 15.6. The van der Waals surface area contributed by atoms with Crippen LogP contribution in [0.25, 0.3) is 0 Å². The van der Waals surface area contributed by atoms with Gasteiger partial charge in [-0.2, -0.15) is 0 Å². The Morgan fingerprint density at radius 3 is 1.23 bits per heavy atom. The van der Waals surface area contributed by atoms with E-state index >= 15 is 0 Å². The van der Waals surface area contributed by atoms with Crippen molar-refractivity contribution in [3.63, 3.8) is 0 Å². The van der Waals surface area contributed by atoms with Crippen LogP contribution in [0.4, 0.5) is 0 Å². The number of allylic oxidation sites excluding steroid dienone is 5. The number of rotatable bonds is 41. The van der Waals surface area contributed by atoms with Crippen LogP contribution in [0.5, 0.6) is 0 Å². The number of hydrogen-bond acceptors (Lipinski definition) is 4. The van der Waals surface area contributed by atoms with E-state index in [1.165, 1.54) is 167 Å². The predicted molar refractivity (Wildman–Crippen MR) is 227 cm³/mol. The van der Waals surface area contributed by atoms with Gasteiger partial charge in [0.15, 0.2) is 0 Å². The van der Waals surface area contributed by atoms with E-state index in [9.17, 15) is 20.1 Å². The molecule has 3 unspecified atom stereocenters. The Morgan fingerprint density at radius 1 is 0.481 bits per heavy atom. The summed E-state index contributed by atoms with van der Waals surface area (Å²) in [5.74, 6) is -0.328. The first-order chi connectivity index (χ1) is 25.5. The summed E-state index contributed by atoms with van der Waals surface area (Å²) in [7, 11) is 0. The molecule has 306 valence electrons. The molecule has 0 heterocycles. The van der Waals surface area contributed by atoms with Crippen molar-refractivity contribution in [2.24, 2.45) is 0 Å². The van der Waals surface area contributed by atoms with E-state index < -0.39 is 18.2 Å². The summed E-state index contributed by atoms with van der Waals surface area (Å²) in [5.41, 5.74) is 0. The van der Waals surface area contributed by atoms with Crippen LogP contribution in [0.3, 0.4) is 0 Å². The number of aliphatic hydroxyl groups excluding tert-OH is 3. The molecule has 0 aliphatic heterocycles. The monoisotopic (exact) mass is 732 g/mol. The van der Waals surface area contributed by atoms with Gasteiger partial charge < -0.3 is 20.6 Å². The maximum atomic E-state index is 12.4. The minimum Gasteiger partial charge on any atom is -0.394 e. The second kappa shape index (κ2) is 42.3. The van der Waals surface area contributed by atoms with E-state index in [2.05, 4.69) is 43.5 Å². The van der Waals surface area contributed by atoms with Gasteiger partial charge in [-0.3, -0.25) is 4.79 Å². The van der Waals surface area contributed by atoms with Crippen LogP contribution >= 0.6 is 0 Å². The Hall–Kier alpha value is -1.43. The summed E-state index contributed by atoms with van der Waals surface area (Å²) in [5, 5.41) is 33.2. The topological polar surface area (TPSA) is 89.8 Å². The smallest absolute Gasteiger partial charge is 0.222 e. The number of hydrogen-bond donors (Lipinski definition) is 4. The van der Waals surface area contributed by atoms with Crippen molar-refractivity contribution >= 4 is 5.91 Å². The van der Waals surface area contributed by atoms with Gasteiger partial charge in [-0.15, -0.1) is 0 Å². The largest absolute Gasteiger partial charge is 0.394 e. The minimum atomic E-state index is -0.957. The summed E-state index contributed by atoms with van der Waals surface area (Å²) in [6, 6.07) is -0.765. The fourth-order valence-corrected chi connectivity index (χ4v) is 6.90. The fourth-order valence-electron chi connectivity index (χ4n) is 6.90. The second-order valence-electron chi connectivity index (χ2n) is 15.6. The molecule has 0 rings (SSSR count). The molecule has 0 fully saturated rings. The summed E-state index contributed by atoms with van der Waals surface area (Å²) in [6.45, 7) is 4.20. The molecule has 0 aliphatic rings. The van der Waals surface area contributed by atoms with Crippen LogP contribution in [0.15, 0.2) is 36.5 Å². The van der Waals surface area contributed by atoms with E-state index in [1.54, 1.807) is 6.08 Å². The number of carbonyl (C=O) groups excluding carboxylic acids is 1. The Bertz CT molecular complexity index is 809. The third-order valence-corrected chi connectivity index (χ3v) is 10.4. The molecule has 4 N–H and O–H groups in total. The number of unbranched alkanes of at least 4 members (excludes halogenated alkanes) is 28. The van der Waals surface area contributed by atoms with Gasteiger partial charge in [-0.05, 0) is 44.9 Å². The van der Waals surface area contributed by atoms with E-state index in [4.69, 9.17) is 0 Å². The molecule has 0 bridgehead atoms. The molecule has 5 nitrogen and oxygen atoms in total. The van der Waals surface area contributed by atoms with Crippen molar-refractivity contribution in [3.8, 4) is 0 Å². The average molecular weight is 732 g/mol. The SMILES string of the molecule is CCCCCCCCCCCCCCC/C=C/CC/C=C/CC/C=C/C(O)C(CO)NC(=O)CC(O)CCCCCCCCCCCCCCCC. The van der Waals surface area contributed by atoms with Gasteiger partial charge in [-0.25, -0.2) is 0 Å². The third-order valence-electron chi connectivity index (χ3n) is 10.4. The van der Waals surface area contributed by atoms with E-state index in [0.29, 0.717) is 6.42 Å². The average Bonchev–Trinajstić information content (AvgIpc) is 3.14. The summed E-state index contributed by atoms with van der Waals surface area (Å²) in [6.07, 6.45) is 52.9. The van der Waals surface area contributed by atoms with Crippen molar-refractivity contribution in [1.29, 1.82) is 0 Å². The van der Waals surface area contributed by atoms with Gasteiger partial charge in [-0.1, -0.05) is 217 Å². The standard InChI is InChI=1S/C47H89NO4/c1-3-5-7-9-11-13-15-17-19-20-21-22-23-24-25-26-27-29-31-33-35-37-39-41-46(51)45(43-49)48-47(52)42-44(50)40-38-36-34-32-30-28-18-16-14-12-10-8-6-4-2/h25-26,31,33,39,41,44-46,49-51H,3-24,27-30,32,34-38,40,42-43H2,1-2H3,(H,48,52)/b26-25+,33-31+,41-39+. The number of nitrogens with one attached hydrogen (secondary N) is 1. The molecule has 0 aromatic carbocycles. The molecule has 0 spiro atoms. The van der Waals surface area contributed by atoms with Gasteiger partial charge in [0.05, 0.1) is 31.3 Å². The zero-order valence-corrected chi connectivity index (χ0v) is 34.7. The van der Waals surface area contributed by atoms with Crippen LogP contribution < -0.4 is 5.32 Å². The molecular weight excluding hydrogens is 643 g/mol. The molecular formula is C47H89NO4. The van der Waals surface area contributed by atoms with Crippen molar-refractivity contribution in [1.82, 2.24) is 5.32 Å². The van der Waals surface area contributed by atoms with Crippen LogP contribution in [0.2, 0.25) is 0 Å². The molecule has 1 amide bonds. The zero-order chi connectivity index (χ0) is 38.0. The number of carbonyl (C=O) groups is 1. The summed E-state index contributed by atoms with van der Waals surface area (Å²) < 4.78 is 0. The lowest BCUT2D eigenvalue weighted by atomic mass is 10.0. The molecule has 52 heavy (non-hydrogen) atoms. The van der Waals surface area contributed by atoms with Gasteiger partial charge in [0, 0.05) is 0 Å². The molecule has 3 atom stereocenters. The van der Waals surface area contributed by atoms with Gasteiger partial charge in [0.2, 0.25) is 5.91 Å². The van der Waals surface area contributed by atoms with Crippen LogP contribution in [-0.2, 0) is 4.79 Å². The normalized spacial score (nSPS) is 13.9. The Kier molecular flexibility index (Phi) is 41.1. The van der Waals surface area contributed by atoms with E-state index in [1.807, 2.05) is 6.08 Å². The predicted octanol–water partition coefficient (Wildman–Crippen LogP) is 13.2. The number of amides is 1. The molecule has 0 saturated carbocycles. The molecule has 0 saturated heterocycles. The van der Waals surface area contributed by atoms with E-state index in [0.717, 1.165) is 38.5 Å². The van der Waals surface area contributed by atoms with Crippen molar-refractivity contribution in [2.75, 3.05) is 6.61 Å². The van der Waals surface area contributed by atoms with Crippen molar-refractivity contribution < 1.29 is 20.1 Å². The first-order valence-corrected chi connectivity index (χ1v) is 22.8. The highest BCUT2D eigenvalue weighted by Gasteiger charge is 2.20. The first-order valence-electron chi connectivity index (χ1n) is 22.8. The van der Waals surface area contributed by atoms with Crippen molar-refractivity contribution in [3.05, 3.63) is 36.5 Å². The lowest BCUT2D eigenvalue weighted by molar-refractivity contribution is -0.124. The molecule has 0 aliphatic carbocycles. The Labute approximate surface area is 324 Å². The molecule has 0 aromatic rings. The molecule has 0 aromatic heterocycles. The lowest BCUT2D eigenvalue weighted by Gasteiger charge is -2.21. The Morgan fingerprint density at radius 2 is 0.827 bits per heavy atom. The lowest BCUT2D eigenvalue weighted by Crippen LogP contribution is -2.45. The van der Waals surface area contributed by atoms with Gasteiger partial charge in [0.25, 0.3) is 0 Å². The highest BCUT2D eigenvalue weighted by atomic mass is 16.3. The zero-order valence-electron chi connectivity index (χ0n) is 34.7. The maximum absolute atomic E-state index is 12.4. The fraction of sp³-hybridized carbons (Fsp3) is 0.851. The Balaban J connectivity index is 3.71. The molecule has 0 radical (unpaired) electrons. The quantitative estimate of drug-likeness (QED) is 0.0372. The highest BCUT2D eigenvalue weighted by molar-refractivity contribution is 5.76. The summed E-state index contributed by atoms with van der Waals surface area (Å²) in [4.78, 5) is 12.4. The van der Waals surface area contributed by atoms with Crippen molar-refractivity contribution in [2.45, 2.75) is 250 Å². The van der Waals surface area contributed by atoms with Crippen LogP contribution in [0.1, 0.15) is 232 Å². The van der Waals surface area contributed by atoms with Crippen LogP contribution in [0, 0.1) is 0 Å². The summed E-state index contributed by atoms with van der Waals surface area (Å²) >= 11 is 0. The van der Waals surface area contributed by atoms with Gasteiger partial charge in [0.1, 0.15) is 0 Å². The molecule has 5 heteroatoms. The van der Waals surface area contributed by atoms with E-state index in [-0.39, 0.29) is 18.9 Å². The maximum Gasteiger partial charge on any atom is 0.222 e. The van der Waals surface area contributed by atoms with Gasteiger partial charge >= 0.3 is 0 Å². The van der Waals surface area contributed by atoms with Crippen LogP contribution in [-0.4, -0.2) is 46.1 Å². The highest BCUT2D eigenvalue weighted by Crippen LogP contribution is 2.15. The first kappa shape index (κ1) is 50.6. The third kappa shape index (κ3) is 38.3. The number of aliphatic hydroxyl groups is 3. The minimum absolute atomic E-state index is 0.00476.